The summed E-state index contributed by atoms with van der Waals surface area (Å²) >= 11 is 0. The lowest BCUT2D eigenvalue weighted by Gasteiger charge is -2.23. The molecule has 6 heteroatoms. The summed E-state index contributed by atoms with van der Waals surface area (Å²) in [7, 11) is 0. The first-order valence-corrected chi connectivity index (χ1v) is 10.2. The minimum Gasteiger partial charge on any atom is -0.395 e. The van der Waals surface area contributed by atoms with E-state index in [0.717, 1.165) is 19.4 Å². The first-order chi connectivity index (χ1) is 12.2. The van der Waals surface area contributed by atoms with Crippen LogP contribution in [0.4, 0.5) is 0 Å². The molecular weight excluding hydrogens is 320 g/mol. The summed E-state index contributed by atoms with van der Waals surface area (Å²) in [5.41, 5.74) is 0. The summed E-state index contributed by atoms with van der Waals surface area (Å²) in [5, 5.41) is 39.8. The van der Waals surface area contributed by atoms with Crippen molar-refractivity contribution in [2.45, 2.75) is 70.3 Å². The highest BCUT2D eigenvalue weighted by Crippen LogP contribution is 2.11. The Balaban J connectivity index is 3.31. The molecule has 0 rings (SSSR count). The van der Waals surface area contributed by atoms with Crippen molar-refractivity contribution in [2.75, 3.05) is 52.5 Å². The summed E-state index contributed by atoms with van der Waals surface area (Å²) < 4.78 is 0. The fourth-order valence-electron chi connectivity index (χ4n) is 3.04. The molecule has 0 bridgehead atoms. The topological polar surface area (TPSA) is 96.2 Å². The normalized spacial score (nSPS) is 12.8. The maximum atomic E-state index is 10.0. The zero-order chi connectivity index (χ0) is 18.6. The Kier molecular flexibility index (Phi) is 19.9. The van der Waals surface area contributed by atoms with E-state index in [0.29, 0.717) is 26.2 Å². The summed E-state index contributed by atoms with van der Waals surface area (Å²) in [5.74, 6) is 0. The van der Waals surface area contributed by atoms with E-state index in [-0.39, 0.29) is 25.9 Å². The molecule has 6 nitrogen and oxygen atoms in total. The predicted molar refractivity (Wildman–Crippen MR) is 103 cm³/mol. The standard InChI is InChI=1S/C19H42N2O4/c22-15-12-20-11-9-7-5-3-1-2-4-6-8-10-19(25)18-21(13-16-23)14-17-24/h19-20,22-25H,1-18H2. The van der Waals surface area contributed by atoms with Crippen LogP contribution in [0.15, 0.2) is 0 Å². The average molecular weight is 363 g/mol. The van der Waals surface area contributed by atoms with Crippen LogP contribution in [0, 0.1) is 0 Å². The van der Waals surface area contributed by atoms with Crippen LogP contribution in [0.3, 0.4) is 0 Å². The van der Waals surface area contributed by atoms with Crippen LogP contribution in [0.25, 0.3) is 0 Å². The van der Waals surface area contributed by atoms with Gasteiger partial charge in [0.05, 0.1) is 25.9 Å². The van der Waals surface area contributed by atoms with Crippen LogP contribution in [-0.2, 0) is 0 Å². The number of aliphatic hydroxyl groups is 4. The number of unbranched alkanes of at least 4 members (excludes halogenated alkanes) is 8. The van der Waals surface area contributed by atoms with Crippen molar-refractivity contribution in [3.05, 3.63) is 0 Å². The molecule has 0 radical (unpaired) electrons. The molecule has 25 heavy (non-hydrogen) atoms. The van der Waals surface area contributed by atoms with Gasteiger partial charge >= 0.3 is 0 Å². The Hall–Kier alpha value is -0.240. The second-order valence-electron chi connectivity index (χ2n) is 6.85. The minimum absolute atomic E-state index is 0.0614. The van der Waals surface area contributed by atoms with Gasteiger partial charge in [-0.2, -0.15) is 0 Å². The van der Waals surface area contributed by atoms with Gasteiger partial charge in [0.2, 0.25) is 0 Å². The number of nitrogens with one attached hydrogen (secondary N) is 1. The SMILES string of the molecule is OCCNCCCCCCCCCCCC(O)CN(CCO)CCO. The van der Waals surface area contributed by atoms with Crippen LogP contribution < -0.4 is 5.32 Å². The van der Waals surface area contributed by atoms with Gasteiger partial charge in [0.15, 0.2) is 0 Å². The van der Waals surface area contributed by atoms with Gasteiger partial charge in [-0.25, -0.2) is 0 Å². The molecule has 0 saturated carbocycles. The van der Waals surface area contributed by atoms with Gasteiger partial charge in [0, 0.05) is 26.2 Å². The van der Waals surface area contributed by atoms with Gasteiger partial charge in [-0.05, 0) is 19.4 Å². The van der Waals surface area contributed by atoms with Gasteiger partial charge in [-0.3, -0.25) is 4.90 Å². The van der Waals surface area contributed by atoms with Gasteiger partial charge < -0.3 is 25.7 Å². The molecule has 0 amide bonds. The lowest BCUT2D eigenvalue weighted by atomic mass is 10.0. The maximum absolute atomic E-state index is 10.0. The quantitative estimate of drug-likeness (QED) is 0.208. The second-order valence-corrected chi connectivity index (χ2v) is 6.85. The third-order valence-electron chi connectivity index (χ3n) is 4.48. The molecule has 1 unspecified atom stereocenters. The van der Waals surface area contributed by atoms with Crippen LogP contribution in [0.5, 0.6) is 0 Å². The summed E-state index contributed by atoms with van der Waals surface area (Å²) in [4.78, 5) is 1.91. The smallest absolute Gasteiger partial charge is 0.0667 e. The first-order valence-electron chi connectivity index (χ1n) is 10.2. The van der Waals surface area contributed by atoms with Crippen molar-refractivity contribution >= 4 is 0 Å². The van der Waals surface area contributed by atoms with Crippen molar-refractivity contribution in [3.63, 3.8) is 0 Å². The highest BCUT2D eigenvalue weighted by molar-refractivity contribution is 4.64. The Bertz CT molecular complexity index is 252. The Labute approximate surface area is 154 Å². The highest BCUT2D eigenvalue weighted by atomic mass is 16.3. The zero-order valence-electron chi connectivity index (χ0n) is 16.0. The number of aliphatic hydroxyl groups excluding tert-OH is 4. The first kappa shape index (κ1) is 24.8. The predicted octanol–water partition coefficient (Wildman–Crippen LogP) is 1.12. The van der Waals surface area contributed by atoms with E-state index in [4.69, 9.17) is 15.3 Å². The molecule has 0 aromatic heterocycles. The summed E-state index contributed by atoms with van der Waals surface area (Å²) in [6.45, 7) is 3.61. The monoisotopic (exact) mass is 362 g/mol. The maximum Gasteiger partial charge on any atom is 0.0667 e. The van der Waals surface area contributed by atoms with E-state index < -0.39 is 0 Å². The van der Waals surface area contributed by atoms with E-state index >= 15 is 0 Å². The Morgan fingerprint density at radius 2 is 1.16 bits per heavy atom. The van der Waals surface area contributed by atoms with Gasteiger partial charge in [-0.15, -0.1) is 0 Å². The third-order valence-corrected chi connectivity index (χ3v) is 4.48. The fourth-order valence-corrected chi connectivity index (χ4v) is 3.04. The molecule has 0 aromatic carbocycles. The Morgan fingerprint density at radius 1 is 0.640 bits per heavy atom. The van der Waals surface area contributed by atoms with Crippen LogP contribution >= 0.6 is 0 Å². The number of hydrogen-bond acceptors (Lipinski definition) is 6. The molecule has 0 saturated heterocycles. The van der Waals surface area contributed by atoms with E-state index in [2.05, 4.69) is 5.32 Å². The third kappa shape index (κ3) is 18.4. The van der Waals surface area contributed by atoms with Crippen molar-refractivity contribution in [1.29, 1.82) is 0 Å². The lowest BCUT2D eigenvalue weighted by molar-refractivity contribution is 0.0809. The highest BCUT2D eigenvalue weighted by Gasteiger charge is 2.10. The van der Waals surface area contributed by atoms with E-state index in [1.807, 2.05) is 4.90 Å². The molecule has 0 spiro atoms. The van der Waals surface area contributed by atoms with Gasteiger partial charge in [0.25, 0.3) is 0 Å². The molecule has 0 aliphatic heterocycles. The molecule has 0 aliphatic rings. The van der Waals surface area contributed by atoms with Gasteiger partial charge in [0.1, 0.15) is 0 Å². The van der Waals surface area contributed by atoms with Crippen molar-refractivity contribution in [2.24, 2.45) is 0 Å². The molecule has 1 atom stereocenters. The molecule has 0 fully saturated rings. The number of nitrogens with zero attached hydrogens (tertiary/aromatic N) is 1. The molecule has 5 N–H and O–H groups in total. The van der Waals surface area contributed by atoms with E-state index in [9.17, 15) is 5.11 Å². The Morgan fingerprint density at radius 3 is 1.68 bits per heavy atom. The van der Waals surface area contributed by atoms with E-state index in [1.54, 1.807) is 0 Å². The molecule has 152 valence electrons. The van der Waals surface area contributed by atoms with Crippen LogP contribution in [-0.4, -0.2) is 84.0 Å². The van der Waals surface area contributed by atoms with Gasteiger partial charge in [-0.1, -0.05) is 51.4 Å². The molecular formula is C19H42N2O4. The molecule has 0 aliphatic carbocycles. The molecule has 0 heterocycles. The lowest BCUT2D eigenvalue weighted by Crippen LogP contribution is -2.36. The van der Waals surface area contributed by atoms with Crippen LogP contribution in [0.1, 0.15) is 64.2 Å². The van der Waals surface area contributed by atoms with Crippen molar-refractivity contribution in [1.82, 2.24) is 10.2 Å². The van der Waals surface area contributed by atoms with Crippen molar-refractivity contribution in [3.8, 4) is 0 Å². The second kappa shape index (κ2) is 20.1. The number of hydrogen-bond donors (Lipinski definition) is 5. The minimum atomic E-state index is -0.363. The largest absolute Gasteiger partial charge is 0.395 e. The molecule has 0 aromatic rings. The van der Waals surface area contributed by atoms with Crippen LogP contribution in [0.2, 0.25) is 0 Å². The summed E-state index contributed by atoms with van der Waals surface area (Å²) in [6, 6.07) is 0. The summed E-state index contributed by atoms with van der Waals surface area (Å²) in [6.07, 6.45) is 11.5. The number of rotatable bonds is 20. The zero-order valence-corrected chi connectivity index (χ0v) is 16.0. The van der Waals surface area contributed by atoms with E-state index in [1.165, 1.54) is 51.4 Å². The fraction of sp³-hybridized carbons (Fsp3) is 1.00. The van der Waals surface area contributed by atoms with Crippen molar-refractivity contribution < 1.29 is 20.4 Å². The average Bonchev–Trinajstić information content (AvgIpc) is 2.59.